The van der Waals surface area contributed by atoms with Crippen molar-refractivity contribution >= 4 is 22.9 Å². The van der Waals surface area contributed by atoms with Crippen molar-refractivity contribution in [3.8, 4) is 10.4 Å². The fraction of sp³-hybridized carbons (Fsp3) is 0.421. The first kappa shape index (κ1) is 17.5. The molecule has 3 nitrogen and oxygen atoms in total. The van der Waals surface area contributed by atoms with Gasteiger partial charge in [0.15, 0.2) is 5.78 Å². The summed E-state index contributed by atoms with van der Waals surface area (Å²) in [5, 5.41) is 2.10. The van der Waals surface area contributed by atoms with E-state index in [0.717, 1.165) is 12.0 Å². The van der Waals surface area contributed by atoms with Gasteiger partial charge in [-0.3, -0.25) is 14.6 Å². The molecule has 4 heteroatoms. The van der Waals surface area contributed by atoms with Crippen LogP contribution in [0, 0.1) is 0 Å². The van der Waals surface area contributed by atoms with Crippen LogP contribution in [0.4, 0.5) is 0 Å². The van der Waals surface area contributed by atoms with Crippen molar-refractivity contribution in [3.05, 3.63) is 41.0 Å². The molecule has 0 amide bonds. The number of aryl methyl sites for hydroxylation is 1. The van der Waals surface area contributed by atoms with Gasteiger partial charge in [0.05, 0.1) is 6.42 Å². The van der Waals surface area contributed by atoms with Crippen LogP contribution in [0.2, 0.25) is 0 Å². The van der Waals surface area contributed by atoms with E-state index in [0.29, 0.717) is 5.69 Å². The van der Waals surface area contributed by atoms with Gasteiger partial charge in [-0.25, -0.2) is 0 Å². The number of nitrogens with zero attached hydrogens (tertiary/aromatic N) is 1. The van der Waals surface area contributed by atoms with Crippen molar-refractivity contribution in [2.45, 2.75) is 52.4 Å². The van der Waals surface area contributed by atoms with Crippen molar-refractivity contribution in [2.75, 3.05) is 0 Å². The monoisotopic (exact) mass is 329 g/mol. The summed E-state index contributed by atoms with van der Waals surface area (Å²) in [5.74, 6) is -0.338. The topological polar surface area (TPSA) is 47.0 Å². The standard InChI is InChI=1S/C19H23NO2S/c1-3-4-5-6-7-15-9-11-23-19(15)16-8-10-20-17(13-16)18(22)12-14(2)21/h8-11,13H,3-7,12H2,1-2H3. The van der Waals surface area contributed by atoms with Crippen molar-refractivity contribution in [2.24, 2.45) is 0 Å². The minimum atomic E-state index is -0.208. The molecule has 0 bridgehead atoms. The Kier molecular flexibility index (Phi) is 6.66. The fourth-order valence-electron chi connectivity index (χ4n) is 2.57. The molecule has 0 spiro atoms. The number of unbranched alkanes of at least 4 members (excludes halogenated alkanes) is 3. The number of pyridine rings is 1. The lowest BCUT2D eigenvalue weighted by Crippen LogP contribution is -2.06. The third-order valence-electron chi connectivity index (χ3n) is 3.76. The Morgan fingerprint density at radius 3 is 2.74 bits per heavy atom. The second-order valence-corrected chi connectivity index (χ2v) is 6.73. The van der Waals surface area contributed by atoms with Gasteiger partial charge < -0.3 is 0 Å². The average Bonchev–Trinajstić information content (AvgIpc) is 2.99. The maximum Gasteiger partial charge on any atom is 0.188 e. The van der Waals surface area contributed by atoms with Crippen LogP contribution in [-0.2, 0) is 11.2 Å². The van der Waals surface area contributed by atoms with Crippen LogP contribution in [0.5, 0.6) is 0 Å². The molecule has 0 saturated carbocycles. The Balaban J connectivity index is 2.14. The fourth-order valence-corrected chi connectivity index (χ4v) is 3.52. The highest BCUT2D eigenvalue weighted by atomic mass is 32.1. The Bertz CT molecular complexity index is 676. The molecule has 0 fully saturated rings. The largest absolute Gasteiger partial charge is 0.300 e. The number of Topliss-reactive ketones (excluding diaryl/α,β-unsaturated/α-hetero) is 2. The number of rotatable bonds is 9. The average molecular weight is 329 g/mol. The molecule has 2 rings (SSSR count). The van der Waals surface area contributed by atoms with Gasteiger partial charge >= 0.3 is 0 Å². The summed E-state index contributed by atoms with van der Waals surface area (Å²) in [4.78, 5) is 28.5. The summed E-state index contributed by atoms with van der Waals surface area (Å²) in [6.07, 6.45) is 7.61. The van der Waals surface area contributed by atoms with Crippen LogP contribution in [0.15, 0.2) is 29.8 Å². The Hall–Kier alpha value is -1.81. The summed E-state index contributed by atoms with van der Waals surface area (Å²) < 4.78 is 0. The molecule has 0 saturated heterocycles. The zero-order valence-corrected chi connectivity index (χ0v) is 14.6. The van der Waals surface area contributed by atoms with Gasteiger partial charge in [0.2, 0.25) is 0 Å². The Morgan fingerprint density at radius 2 is 2.00 bits per heavy atom. The molecule has 23 heavy (non-hydrogen) atoms. The third kappa shape index (κ3) is 5.10. The normalized spacial score (nSPS) is 10.7. The first-order valence-electron chi connectivity index (χ1n) is 8.17. The maximum absolute atomic E-state index is 12.0. The van der Waals surface area contributed by atoms with Crippen LogP contribution in [0.25, 0.3) is 10.4 Å². The lowest BCUT2D eigenvalue weighted by Gasteiger charge is -2.06. The van der Waals surface area contributed by atoms with E-state index in [2.05, 4.69) is 23.4 Å². The minimum absolute atomic E-state index is 0.0786. The summed E-state index contributed by atoms with van der Waals surface area (Å²) in [5.41, 5.74) is 2.73. The molecule has 0 aliphatic rings. The SMILES string of the molecule is CCCCCCc1ccsc1-c1ccnc(C(=O)CC(C)=O)c1. The molecule has 2 heterocycles. The van der Waals surface area contributed by atoms with E-state index in [1.165, 1.54) is 43.0 Å². The highest BCUT2D eigenvalue weighted by Gasteiger charge is 2.13. The van der Waals surface area contributed by atoms with Gasteiger partial charge in [0.25, 0.3) is 0 Å². The van der Waals surface area contributed by atoms with Crippen molar-refractivity contribution in [3.63, 3.8) is 0 Å². The van der Waals surface area contributed by atoms with E-state index >= 15 is 0 Å². The van der Waals surface area contributed by atoms with E-state index in [1.807, 2.05) is 12.1 Å². The lowest BCUT2D eigenvalue weighted by molar-refractivity contribution is -0.116. The first-order valence-corrected chi connectivity index (χ1v) is 9.05. The predicted octanol–water partition coefficient (Wildman–Crippen LogP) is 5.09. The number of hydrogen-bond acceptors (Lipinski definition) is 4. The van der Waals surface area contributed by atoms with E-state index in [4.69, 9.17) is 0 Å². The summed E-state index contributed by atoms with van der Waals surface area (Å²) in [6, 6.07) is 5.92. The van der Waals surface area contributed by atoms with Gasteiger partial charge in [-0.15, -0.1) is 11.3 Å². The van der Waals surface area contributed by atoms with Gasteiger partial charge in [0.1, 0.15) is 11.5 Å². The van der Waals surface area contributed by atoms with Crippen LogP contribution < -0.4 is 0 Å². The number of thiophene rings is 1. The van der Waals surface area contributed by atoms with Crippen LogP contribution >= 0.6 is 11.3 Å². The van der Waals surface area contributed by atoms with E-state index in [1.54, 1.807) is 17.5 Å². The van der Waals surface area contributed by atoms with Crippen LogP contribution in [-0.4, -0.2) is 16.6 Å². The van der Waals surface area contributed by atoms with E-state index in [9.17, 15) is 9.59 Å². The molecule has 0 radical (unpaired) electrons. The van der Waals surface area contributed by atoms with Crippen LogP contribution in [0.1, 0.15) is 62.0 Å². The van der Waals surface area contributed by atoms with Gasteiger partial charge in [0, 0.05) is 11.1 Å². The molecular weight excluding hydrogens is 306 g/mol. The molecule has 0 aromatic carbocycles. The van der Waals surface area contributed by atoms with Gasteiger partial charge in [-0.05, 0) is 54.5 Å². The summed E-state index contributed by atoms with van der Waals surface area (Å²) in [6.45, 7) is 3.64. The van der Waals surface area contributed by atoms with E-state index in [-0.39, 0.29) is 18.0 Å². The highest BCUT2D eigenvalue weighted by molar-refractivity contribution is 7.13. The second kappa shape index (κ2) is 8.73. The molecule has 122 valence electrons. The molecule has 0 unspecified atom stereocenters. The molecule has 0 aliphatic carbocycles. The molecular formula is C19H23NO2S. The summed E-state index contributed by atoms with van der Waals surface area (Å²) >= 11 is 1.69. The number of carbonyl (C=O) groups excluding carboxylic acids is 2. The van der Waals surface area contributed by atoms with Gasteiger partial charge in [-0.2, -0.15) is 0 Å². The highest BCUT2D eigenvalue weighted by Crippen LogP contribution is 2.31. The number of ketones is 2. The molecule has 0 aliphatic heterocycles. The number of hydrogen-bond donors (Lipinski definition) is 0. The lowest BCUT2D eigenvalue weighted by atomic mass is 10.0. The second-order valence-electron chi connectivity index (χ2n) is 5.82. The smallest absolute Gasteiger partial charge is 0.188 e. The zero-order chi connectivity index (χ0) is 16.7. The Labute approximate surface area is 141 Å². The quantitative estimate of drug-likeness (QED) is 0.365. The Morgan fingerprint density at radius 1 is 1.17 bits per heavy atom. The van der Waals surface area contributed by atoms with E-state index < -0.39 is 0 Å². The maximum atomic E-state index is 12.0. The minimum Gasteiger partial charge on any atom is -0.300 e. The van der Waals surface area contributed by atoms with Crippen molar-refractivity contribution in [1.29, 1.82) is 0 Å². The third-order valence-corrected chi connectivity index (χ3v) is 4.77. The van der Waals surface area contributed by atoms with Crippen LogP contribution in [0.3, 0.4) is 0 Å². The number of aromatic nitrogens is 1. The van der Waals surface area contributed by atoms with Gasteiger partial charge in [-0.1, -0.05) is 26.2 Å². The zero-order valence-electron chi connectivity index (χ0n) is 13.8. The molecule has 0 atom stereocenters. The molecule has 2 aromatic rings. The number of carbonyl (C=O) groups is 2. The van der Waals surface area contributed by atoms with Crippen molar-refractivity contribution in [1.82, 2.24) is 4.98 Å². The van der Waals surface area contributed by atoms with Crippen molar-refractivity contribution < 1.29 is 9.59 Å². The predicted molar refractivity (Wildman–Crippen MR) is 95.0 cm³/mol. The first-order chi connectivity index (χ1) is 11.1. The molecule has 0 N–H and O–H groups in total. The molecule has 2 aromatic heterocycles. The summed E-state index contributed by atoms with van der Waals surface area (Å²) in [7, 11) is 0.